The summed E-state index contributed by atoms with van der Waals surface area (Å²) < 4.78 is 17.5. The molecule has 0 aliphatic carbocycles. The Bertz CT molecular complexity index is 1000. The summed E-state index contributed by atoms with van der Waals surface area (Å²) in [5, 5.41) is 0. The van der Waals surface area contributed by atoms with Gasteiger partial charge in [-0.1, -0.05) is 181 Å². The number of hydrogen-bond acceptors (Lipinski definition) is 4. The molecule has 1 unspecified atom stereocenters. The van der Waals surface area contributed by atoms with E-state index in [1.165, 1.54) is 84.2 Å². The van der Waals surface area contributed by atoms with E-state index in [-0.39, 0.29) is 6.61 Å². The molecule has 43 heavy (non-hydrogen) atoms. The van der Waals surface area contributed by atoms with Gasteiger partial charge in [-0.05, 0) is 29.5 Å². The number of carbonyl (C=O) groups excluding carboxylic acids is 1. The molecule has 0 spiro atoms. The second-order valence-electron chi connectivity index (χ2n) is 11.7. The normalized spacial score (nSPS) is 12.1. The number of benzene rings is 3. The monoisotopic (exact) mass is 586 g/mol. The van der Waals surface area contributed by atoms with Gasteiger partial charge in [0.2, 0.25) is 0 Å². The van der Waals surface area contributed by atoms with E-state index in [0.717, 1.165) is 36.0 Å². The predicted octanol–water partition coefficient (Wildman–Crippen LogP) is 11.0. The summed E-state index contributed by atoms with van der Waals surface area (Å²) >= 11 is 0. The third-order valence-electron chi connectivity index (χ3n) is 8.34. The highest BCUT2D eigenvalue weighted by Crippen LogP contribution is 2.40. The van der Waals surface area contributed by atoms with Crippen molar-refractivity contribution < 1.29 is 19.0 Å². The Kier molecular flexibility index (Phi) is 16.6. The SMILES string of the molecule is CCCCCCCCCCCCCCCCC(COC(c1ccccc1)(c1ccccc1)c1ccccc1)OC(=O)OC. The zero-order valence-corrected chi connectivity index (χ0v) is 26.7. The summed E-state index contributed by atoms with van der Waals surface area (Å²) in [5.74, 6) is 0. The van der Waals surface area contributed by atoms with Crippen molar-refractivity contribution in [3.05, 3.63) is 108 Å². The van der Waals surface area contributed by atoms with Crippen LogP contribution in [0.15, 0.2) is 91.0 Å². The van der Waals surface area contributed by atoms with Gasteiger partial charge in [-0.3, -0.25) is 0 Å². The van der Waals surface area contributed by atoms with Crippen molar-refractivity contribution in [3.8, 4) is 0 Å². The van der Waals surface area contributed by atoms with Gasteiger partial charge in [0.05, 0.1) is 13.7 Å². The number of rotatable bonds is 22. The molecule has 3 aromatic carbocycles. The first kappa shape index (κ1) is 34.4. The molecule has 0 amide bonds. The van der Waals surface area contributed by atoms with Gasteiger partial charge in [0.25, 0.3) is 0 Å². The molecule has 0 radical (unpaired) electrons. The second-order valence-corrected chi connectivity index (χ2v) is 11.7. The first-order valence-corrected chi connectivity index (χ1v) is 16.8. The van der Waals surface area contributed by atoms with Crippen LogP contribution in [0.4, 0.5) is 4.79 Å². The Morgan fingerprint density at radius 3 is 1.33 bits per heavy atom. The fraction of sp³-hybridized carbons (Fsp3) is 0.513. The second kappa shape index (κ2) is 20.7. The lowest BCUT2D eigenvalue weighted by atomic mass is 9.80. The lowest BCUT2D eigenvalue weighted by Crippen LogP contribution is -2.37. The minimum Gasteiger partial charge on any atom is -0.438 e. The van der Waals surface area contributed by atoms with Gasteiger partial charge in [-0.2, -0.15) is 0 Å². The summed E-state index contributed by atoms with van der Waals surface area (Å²) in [4.78, 5) is 12.2. The standard InChI is InChI=1S/C39H54O4/c1-3-4-5-6-7-8-9-10-11-12-13-14-15-25-32-37(43-38(40)41-2)33-42-39(34-26-19-16-20-27-34,35-28-21-17-22-29-35)36-30-23-18-24-31-36/h16-24,26-31,37H,3-15,25,32-33H2,1-2H3. The van der Waals surface area contributed by atoms with Crippen LogP contribution in [0.1, 0.15) is 120 Å². The van der Waals surface area contributed by atoms with Crippen LogP contribution in [0.2, 0.25) is 0 Å². The molecule has 0 aliphatic heterocycles. The van der Waals surface area contributed by atoms with Gasteiger partial charge in [-0.25, -0.2) is 4.79 Å². The highest BCUT2D eigenvalue weighted by Gasteiger charge is 2.38. The first-order chi connectivity index (χ1) is 21.2. The summed E-state index contributed by atoms with van der Waals surface area (Å²) in [7, 11) is 1.36. The maximum Gasteiger partial charge on any atom is 0.508 e. The summed E-state index contributed by atoms with van der Waals surface area (Å²) in [5.41, 5.74) is 2.24. The van der Waals surface area contributed by atoms with Gasteiger partial charge in [0.1, 0.15) is 11.7 Å². The minimum atomic E-state index is -0.850. The largest absolute Gasteiger partial charge is 0.508 e. The maximum atomic E-state index is 12.2. The third kappa shape index (κ3) is 11.8. The van der Waals surface area contributed by atoms with Crippen molar-refractivity contribution in [3.63, 3.8) is 0 Å². The summed E-state index contributed by atoms with van der Waals surface area (Å²) in [6.07, 6.45) is 18.0. The molecule has 234 valence electrons. The number of hydrogen-bond donors (Lipinski definition) is 0. The molecular formula is C39H54O4. The van der Waals surface area contributed by atoms with Crippen molar-refractivity contribution in [2.24, 2.45) is 0 Å². The lowest BCUT2D eigenvalue weighted by Gasteiger charge is -2.37. The Hall–Kier alpha value is -3.11. The van der Waals surface area contributed by atoms with Gasteiger partial charge in [0, 0.05) is 0 Å². The average molecular weight is 587 g/mol. The number of carbonyl (C=O) groups is 1. The zero-order chi connectivity index (χ0) is 30.4. The van der Waals surface area contributed by atoms with E-state index in [1.807, 2.05) is 54.6 Å². The predicted molar refractivity (Wildman–Crippen MR) is 177 cm³/mol. The Labute approximate surface area is 261 Å². The highest BCUT2D eigenvalue weighted by molar-refractivity contribution is 5.59. The molecule has 0 heterocycles. The van der Waals surface area contributed by atoms with E-state index in [9.17, 15) is 4.79 Å². The van der Waals surface area contributed by atoms with Crippen molar-refractivity contribution in [2.45, 2.75) is 115 Å². The number of unbranched alkanes of at least 4 members (excludes halogenated alkanes) is 13. The Morgan fingerprint density at radius 1 is 0.581 bits per heavy atom. The topological polar surface area (TPSA) is 44.8 Å². The van der Waals surface area contributed by atoms with Crippen LogP contribution >= 0.6 is 0 Å². The maximum absolute atomic E-state index is 12.2. The van der Waals surface area contributed by atoms with E-state index in [1.54, 1.807) is 0 Å². The van der Waals surface area contributed by atoms with Crippen molar-refractivity contribution in [1.29, 1.82) is 0 Å². The zero-order valence-electron chi connectivity index (χ0n) is 26.7. The van der Waals surface area contributed by atoms with E-state index in [2.05, 4.69) is 43.3 Å². The highest BCUT2D eigenvalue weighted by atomic mass is 16.7. The lowest BCUT2D eigenvalue weighted by molar-refractivity contribution is -0.0575. The number of ether oxygens (including phenoxy) is 3. The van der Waals surface area contributed by atoms with E-state index >= 15 is 0 Å². The van der Waals surface area contributed by atoms with Crippen LogP contribution in [0.25, 0.3) is 0 Å². The summed E-state index contributed by atoms with van der Waals surface area (Å²) in [6.45, 7) is 2.53. The van der Waals surface area contributed by atoms with Crippen molar-refractivity contribution in [1.82, 2.24) is 0 Å². The van der Waals surface area contributed by atoms with Gasteiger partial charge >= 0.3 is 6.16 Å². The van der Waals surface area contributed by atoms with Gasteiger partial charge < -0.3 is 14.2 Å². The van der Waals surface area contributed by atoms with Crippen LogP contribution in [0.5, 0.6) is 0 Å². The smallest absolute Gasteiger partial charge is 0.438 e. The molecule has 1 atom stereocenters. The van der Waals surface area contributed by atoms with Crippen LogP contribution in [0.3, 0.4) is 0 Å². The quantitative estimate of drug-likeness (QED) is 0.0667. The van der Waals surface area contributed by atoms with E-state index < -0.39 is 17.9 Å². The van der Waals surface area contributed by atoms with Crippen LogP contribution in [-0.4, -0.2) is 26.0 Å². The number of methoxy groups -OCH3 is 1. The molecule has 4 heteroatoms. The molecular weight excluding hydrogens is 532 g/mol. The van der Waals surface area contributed by atoms with E-state index in [4.69, 9.17) is 14.2 Å². The molecule has 0 aromatic heterocycles. The molecule has 4 nitrogen and oxygen atoms in total. The van der Waals surface area contributed by atoms with Crippen molar-refractivity contribution >= 4 is 6.16 Å². The fourth-order valence-corrected chi connectivity index (χ4v) is 5.91. The van der Waals surface area contributed by atoms with Gasteiger partial charge in [-0.15, -0.1) is 0 Å². The molecule has 0 N–H and O–H groups in total. The summed E-state index contributed by atoms with van der Waals surface area (Å²) in [6, 6.07) is 30.9. The van der Waals surface area contributed by atoms with Crippen molar-refractivity contribution in [2.75, 3.05) is 13.7 Å². The molecule has 3 aromatic rings. The molecule has 0 bridgehead atoms. The molecule has 0 fully saturated rings. The Balaban J connectivity index is 1.55. The van der Waals surface area contributed by atoms with Gasteiger partial charge in [0.15, 0.2) is 0 Å². The van der Waals surface area contributed by atoms with Crippen LogP contribution in [-0.2, 0) is 19.8 Å². The minimum absolute atomic E-state index is 0.256. The first-order valence-electron chi connectivity index (χ1n) is 16.8. The third-order valence-corrected chi connectivity index (χ3v) is 8.34. The average Bonchev–Trinajstić information content (AvgIpc) is 3.06. The fourth-order valence-electron chi connectivity index (χ4n) is 5.91. The van der Waals surface area contributed by atoms with Crippen LogP contribution in [0, 0.1) is 0 Å². The Morgan fingerprint density at radius 2 is 0.953 bits per heavy atom. The molecule has 0 aliphatic rings. The molecule has 0 saturated heterocycles. The van der Waals surface area contributed by atoms with E-state index in [0.29, 0.717) is 0 Å². The molecule has 0 saturated carbocycles. The van der Waals surface area contributed by atoms with Crippen LogP contribution < -0.4 is 0 Å². The molecule has 3 rings (SSSR count).